The lowest BCUT2D eigenvalue weighted by Crippen LogP contribution is -2.50. The average molecular weight is 369 g/mol. The lowest BCUT2D eigenvalue weighted by Gasteiger charge is -2.42. The first-order valence-corrected chi connectivity index (χ1v) is 9.02. The molecule has 1 aromatic carbocycles. The van der Waals surface area contributed by atoms with Crippen LogP contribution in [-0.4, -0.2) is 40.7 Å². The van der Waals surface area contributed by atoms with Gasteiger partial charge in [0.2, 0.25) is 11.8 Å². The number of fused-ring (bicyclic) bond motifs is 2. The van der Waals surface area contributed by atoms with Crippen molar-refractivity contribution >= 4 is 11.8 Å². The van der Waals surface area contributed by atoms with Gasteiger partial charge < -0.3 is 14.6 Å². The maximum atomic E-state index is 12.3. The number of nitriles is 1. The zero-order chi connectivity index (χ0) is 19.7. The summed E-state index contributed by atoms with van der Waals surface area (Å²) in [6.07, 6.45) is -1.71. The second-order valence-corrected chi connectivity index (χ2v) is 8.63. The van der Waals surface area contributed by atoms with Crippen LogP contribution >= 0.6 is 0 Å². The molecule has 1 aliphatic carbocycles. The summed E-state index contributed by atoms with van der Waals surface area (Å²) in [6.45, 7) is 7.61. The summed E-state index contributed by atoms with van der Waals surface area (Å²) in [4.78, 5) is 12.3. The van der Waals surface area contributed by atoms with Gasteiger partial charge in [-0.2, -0.15) is 5.26 Å². The molecule has 3 aliphatic rings. The molecule has 7 nitrogen and oxygen atoms in total. The number of amides is 1. The van der Waals surface area contributed by atoms with Crippen LogP contribution in [0.15, 0.2) is 23.3 Å². The second-order valence-electron chi connectivity index (χ2n) is 8.63. The molecule has 0 spiro atoms. The summed E-state index contributed by atoms with van der Waals surface area (Å²) >= 11 is 0. The summed E-state index contributed by atoms with van der Waals surface area (Å²) in [5.74, 6) is 0.730. The van der Waals surface area contributed by atoms with Crippen LogP contribution in [0.25, 0.3) is 0 Å². The topological polar surface area (TPSA) is 95.2 Å². The Morgan fingerprint density at radius 2 is 2.00 bits per heavy atom. The SMILES string of the molecule is CN1N=C(O[C@H]2c3cc(C#N)ccc3OC(C)(C)[C@@H]2O)[C@@H]2[C@H](C1=O)C2(C)C. The monoisotopic (exact) mass is 369 g/mol. The Bertz CT molecular complexity index is 899. The van der Waals surface area contributed by atoms with E-state index in [1.54, 1.807) is 39.1 Å². The highest BCUT2D eigenvalue weighted by molar-refractivity contribution is 5.98. The van der Waals surface area contributed by atoms with Crippen LogP contribution in [0.5, 0.6) is 5.75 Å². The fraction of sp³-hybridized carbons (Fsp3) is 0.550. The number of hydrogen-bond donors (Lipinski definition) is 1. The molecule has 0 radical (unpaired) electrons. The minimum Gasteiger partial charge on any atom is -0.485 e. The van der Waals surface area contributed by atoms with E-state index in [4.69, 9.17) is 9.47 Å². The molecule has 1 amide bonds. The van der Waals surface area contributed by atoms with Gasteiger partial charge in [-0.25, -0.2) is 5.01 Å². The number of aliphatic hydroxyl groups is 1. The zero-order valence-electron chi connectivity index (χ0n) is 16.1. The highest BCUT2D eigenvalue weighted by Crippen LogP contribution is 2.61. The predicted molar refractivity (Wildman–Crippen MR) is 96.7 cm³/mol. The van der Waals surface area contributed by atoms with Crippen LogP contribution in [0.3, 0.4) is 0 Å². The molecule has 0 saturated heterocycles. The lowest BCUT2D eigenvalue weighted by atomic mass is 9.87. The Morgan fingerprint density at radius 1 is 1.30 bits per heavy atom. The van der Waals surface area contributed by atoms with Gasteiger partial charge in [-0.1, -0.05) is 13.8 Å². The van der Waals surface area contributed by atoms with Gasteiger partial charge in [0, 0.05) is 12.6 Å². The molecule has 2 aliphatic heterocycles. The summed E-state index contributed by atoms with van der Waals surface area (Å²) in [5, 5.41) is 25.8. The maximum absolute atomic E-state index is 12.3. The number of ether oxygens (including phenoxy) is 2. The standard InChI is InChI=1S/C20H23N3O4/c1-19(2)13-14(19)18(25)23(5)22-17(13)26-15-11-8-10(9-21)6-7-12(11)27-20(3,4)16(15)24/h6-8,13-16,24H,1-5H3/t13-,14+,15-,16+/m0/s1. The van der Waals surface area contributed by atoms with Crippen LogP contribution in [0.2, 0.25) is 0 Å². The van der Waals surface area contributed by atoms with Crippen molar-refractivity contribution in [3.8, 4) is 11.8 Å². The second kappa shape index (κ2) is 5.46. The van der Waals surface area contributed by atoms with Gasteiger partial charge in [-0.05, 0) is 37.5 Å². The van der Waals surface area contributed by atoms with Crippen molar-refractivity contribution in [1.29, 1.82) is 5.26 Å². The molecule has 0 unspecified atom stereocenters. The fourth-order valence-electron chi connectivity index (χ4n) is 4.19. The third kappa shape index (κ3) is 2.51. The van der Waals surface area contributed by atoms with Gasteiger partial charge in [0.25, 0.3) is 0 Å². The lowest BCUT2D eigenvalue weighted by molar-refractivity contribution is -0.133. The van der Waals surface area contributed by atoms with Crippen LogP contribution in [0.1, 0.15) is 44.9 Å². The molecular formula is C20H23N3O4. The maximum Gasteiger partial charge on any atom is 0.246 e. The van der Waals surface area contributed by atoms with Crippen molar-refractivity contribution in [1.82, 2.24) is 5.01 Å². The van der Waals surface area contributed by atoms with E-state index in [2.05, 4.69) is 11.2 Å². The summed E-state index contributed by atoms with van der Waals surface area (Å²) in [5.41, 5.74) is -0.0382. The summed E-state index contributed by atoms with van der Waals surface area (Å²) in [7, 11) is 1.61. The first-order chi connectivity index (χ1) is 12.6. The Kier molecular flexibility index (Phi) is 3.60. The van der Waals surface area contributed by atoms with Gasteiger partial charge in [-0.3, -0.25) is 4.79 Å². The van der Waals surface area contributed by atoms with Crippen molar-refractivity contribution < 1.29 is 19.4 Å². The third-order valence-electron chi connectivity index (χ3n) is 5.99. The number of rotatable bonds is 1. The molecule has 1 saturated carbocycles. The third-order valence-corrected chi connectivity index (χ3v) is 5.99. The molecule has 142 valence electrons. The van der Waals surface area contributed by atoms with Gasteiger partial charge in [0.05, 0.1) is 23.5 Å². The Hall–Kier alpha value is -2.59. The Morgan fingerprint density at radius 3 is 2.67 bits per heavy atom. The van der Waals surface area contributed by atoms with Crippen LogP contribution in [0, 0.1) is 28.6 Å². The molecule has 2 heterocycles. The molecule has 1 aromatic rings. The summed E-state index contributed by atoms with van der Waals surface area (Å²) < 4.78 is 12.2. The number of carbonyl (C=O) groups is 1. The van der Waals surface area contributed by atoms with E-state index < -0.39 is 17.8 Å². The average Bonchev–Trinajstić information content (AvgIpc) is 3.18. The molecule has 7 heteroatoms. The number of aliphatic hydroxyl groups excluding tert-OH is 1. The molecule has 1 N–H and O–H groups in total. The van der Waals surface area contributed by atoms with Crippen molar-refractivity contribution in [2.75, 3.05) is 7.05 Å². The molecule has 27 heavy (non-hydrogen) atoms. The number of nitrogens with zero attached hydrogens (tertiary/aromatic N) is 3. The van der Waals surface area contributed by atoms with E-state index in [1.165, 1.54) is 5.01 Å². The first kappa shape index (κ1) is 17.8. The van der Waals surface area contributed by atoms with Crippen LogP contribution < -0.4 is 4.74 Å². The highest BCUT2D eigenvalue weighted by Gasteiger charge is 2.68. The highest BCUT2D eigenvalue weighted by atomic mass is 16.5. The molecular weight excluding hydrogens is 346 g/mol. The molecule has 0 bridgehead atoms. The van der Waals surface area contributed by atoms with E-state index in [-0.39, 0.29) is 23.2 Å². The Labute approximate surface area is 158 Å². The number of benzene rings is 1. The molecule has 4 rings (SSSR count). The molecule has 4 atom stereocenters. The predicted octanol–water partition coefficient (Wildman–Crippen LogP) is 2.21. The first-order valence-electron chi connectivity index (χ1n) is 9.02. The van der Waals surface area contributed by atoms with E-state index in [9.17, 15) is 15.2 Å². The number of carbonyl (C=O) groups excluding carboxylic acids is 1. The van der Waals surface area contributed by atoms with Gasteiger partial charge in [0.1, 0.15) is 17.5 Å². The molecule has 1 fully saturated rings. The van der Waals surface area contributed by atoms with Gasteiger partial charge in [-0.15, -0.1) is 5.10 Å². The normalized spacial score (nSPS) is 32.4. The minimum atomic E-state index is -0.968. The van der Waals surface area contributed by atoms with Crippen LogP contribution in [0.4, 0.5) is 0 Å². The van der Waals surface area contributed by atoms with E-state index in [0.29, 0.717) is 22.8 Å². The van der Waals surface area contributed by atoms with Crippen molar-refractivity contribution in [2.24, 2.45) is 22.4 Å². The van der Waals surface area contributed by atoms with E-state index in [0.717, 1.165) is 0 Å². The minimum absolute atomic E-state index is 0.0163. The van der Waals surface area contributed by atoms with Crippen molar-refractivity contribution in [3.63, 3.8) is 0 Å². The van der Waals surface area contributed by atoms with E-state index >= 15 is 0 Å². The summed E-state index contributed by atoms with van der Waals surface area (Å²) in [6, 6.07) is 7.17. The fourth-order valence-corrected chi connectivity index (χ4v) is 4.19. The zero-order valence-corrected chi connectivity index (χ0v) is 16.1. The van der Waals surface area contributed by atoms with Gasteiger partial charge >= 0.3 is 0 Å². The Balaban J connectivity index is 1.74. The molecule has 0 aromatic heterocycles. The largest absolute Gasteiger partial charge is 0.485 e. The number of hydrazone groups is 1. The smallest absolute Gasteiger partial charge is 0.246 e. The van der Waals surface area contributed by atoms with Crippen molar-refractivity contribution in [3.05, 3.63) is 29.3 Å². The quantitative estimate of drug-likeness (QED) is 0.819. The van der Waals surface area contributed by atoms with Gasteiger partial charge in [0.15, 0.2) is 6.10 Å². The van der Waals surface area contributed by atoms with Crippen molar-refractivity contribution in [2.45, 2.75) is 45.5 Å². The number of hydrogen-bond acceptors (Lipinski definition) is 6. The van der Waals surface area contributed by atoms with E-state index in [1.807, 2.05) is 13.8 Å². The van der Waals surface area contributed by atoms with Crippen LogP contribution in [-0.2, 0) is 9.53 Å².